The van der Waals surface area contributed by atoms with Crippen LogP contribution in [-0.2, 0) is 107 Å². The van der Waals surface area contributed by atoms with E-state index < -0.39 is 138 Å². The van der Waals surface area contributed by atoms with Gasteiger partial charge in [0.25, 0.3) is 0 Å². The molecule has 4 aromatic heterocycles. The zero-order valence-electron chi connectivity index (χ0n) is 82.2. The number of hydrogen-bond acceptors (Lipinski definition) is 21. The van der Waals surface area contributed by atoms with Crippen molar-refractivity contribution in [3.63, 3.8) is 0 Å². The number of carbonyl (C=O) groups is 17. The van der Waals surface area contributed by atoms with Gasteiger partial charge in [-0.3, -0.25) is 81.5 Å². The van der Waals surface area contributed by atoms with E-state index in [2.05, 4.69) is 116 Å². The molecule has 0 aliphatic carbocycles. The molecule has 0 saturated carbocycles. The average Bonchev–Trinajstić information content (AvgIpc) is 1.71. The fraction of sp³-hybridized carbons (Fsp3) is 0.289. The largest absolute Gasteiger partial charge is 0.481 e. The molecule has 35 heteroatoms. The van der Waals surface area contributed by atoms with Crippen LogP contribution in [0.4, 0.5) is 0 Å². The molecule has 4 heterocycles. The van der Waals surface area contributed by atoms with Crippen molar-refractivity contribution in [1.29, 1.82) is 0 Å². The van der Waals surface area contributed by atoms with Crippen molar-refractivity contribution < 1.29 is 112 Å². The Kier molecular flexibility index (Phi) is 47.7. The summed E-state index contributed by atoms with van der Waals surface area (Å²) in [6, 6.07) is 76.9. The second-order valence-electron chi connectivity index (χ2n) is 35.6. The van der Waals surface area contributed by atoms with Crippen LogP contribution in [0.3, 0.4) is 0 Å². The van der Waals surface area contributed by atoms with E-state index in [1.165, 1.54) is 27.1 Å². The van der Waals surface area contributed by atoms with Gasteiger partial charge in [-0.25, -0.2) is 0 Å². The number of hydrogen-bond donors (Lipinski definition) is 14. The zero-order valence-corrected chi connectivity index (χ0v) is 85.5. The van der Waals surface area contributed by atoms with Gasteiger partial charge in [-0.15, -0.1) is 45.3 Å². The first-order chi connectivity index (χ1) is 71.4. The molecular formula is C114H122N8O23S4. The number of amides is 8. The summed E-state index contributed by atoms with van der Waals surface area (Å²) in [5, 5.41) is 72.5. The maximum Gasteiger partial charge on any atom is 0.304 e. The molecule has 0 saturated heterocycles. The van der Waals surface area contributed by atoms with Crippen molar-refractivity contribution in [3.8, 4) is 86.3 Å². The van der Waals surface area contributed by atoms with Gasteiger partial charge in [-0.2, -0.15) is 0 Å². The van der Waals surface area contributed by atoms with Crippen LogP contribution in [0.25, 0.3) is 86.3 Å². The molecule has 12 rings (SSSR count). The monoisotopic (exact) mass is 2100 g/mol. The van der Waals surface area contributed by atoms with Gasteiger partial charge < -0.3 is 74.8 Å². The van der Waals surface area contributed by atoms with Crippen LogP contribution in [0.15, 0.2) is 264 Å². The van der Waals surface area contributed by atoms with Gasteiger partial charge in [0.05, 0.1) is 30.5 Å². The topological polar surface area (TPSA) is 564 Å². The quantitative estimate of drug-likeness (QED) is 0.0168. The lowest BCUT2D eigenvalue weighted by Crippen LogP contribution is -2.44. The number of primary amides is 4. The SMILES string of the molecule is CCC[C@H](CC(=O)[C@H](CCC(=O)O)NC(=O)CCc1ccc(-c2cc(-c3ccccc3)cs2)cc1)C(N)=O.NC(=O)[C@H](CC(=O)O)CC(=O)[C@H](CCC(=O)O)NC(=O)CCc1ccc(-c2cc(-c3ccccc3)cs2)cc1.NC(=O)[C@H](CCC(=O)O)NC(=O)CCc1ccc(-c2cc(-c3ccccc3)cs2)cc1.NC(=O)[C@H](CCCC(=O)O)CC(=O)[C@H](CCC(=O)O)NC(=O)CCc1ccc(-c2cc(-c3ccccc3)cs2)cc1. The van der Waals surface area contributed by atoms with Crippen molar-refractivity contribution in [2.24, 2.45) is 40.7 Å². The van der Waals surface area contributed by atoms with Crippen LogP contribution in [0.5, 0.6) is 0 Å². The lowest BCUT2D eigenvalue weighted by Gasteiger charge is -2.20. The predicted octanol–water partition coefficient (Wildman–Crippen LogP) is 17.7. The molecule has 0 fully saturated rings. The van der Waals surface area contributed by atoms with Gasteiger partial charge in [0.1, 0.15) is 6.04 Å². The maximum absolute atomic E-state index is 12.9. The first kappa shape index (κ1) is 117. The molecule has 0 aliphatic heterocycles. The summed E-state index contributed by atoms with van der Waals surface area (Å²) in [5.41, 5.74) is 38.7. The molecular weight excluding hydrogens is 1980 g/mol. The molecule has 149 heavy (non-hydrogen) atoms. The van der Waals surface area contributed by atoms with Gasteiger partial charge in [0, 0.05) is 108 Å². The highest BCUT2D eigenvalue weighted by atomic mass is 32.1. The van der Waals surface area contributed by atoms with E-state index in [1.807, 2.05) is 177 Å². The van der Waals surface area contributed by atoms with Crippen LogP contribution in [-0.4, -0.2) is 155 Å². The van der Waals surface area contributed by atoms with Crippen molar-refractivity contribution >= 4 is 146 Å². The van der Waals surface area contributed by atoms with Crippen molar-refractivity contribution in [3.05, 3.63) is 286 Å². The summed E-state index contributed by atoms with van der Waals surface area (Å²) in [4.78, 5) is 205. The molecule has 0 radical (unpaired) electrons. The van der Waals surface area contributed by atoms with Gasteiger partial charge in [0.15, 0.2) is 17.3 Å². The lowest BCUT2D eigenvalue weighted by molar-refractivity contribution is -0.141. The van der Waals surface area contributed by atoms with Crippen molar-refractivity contribution in [2.75, 3.05) is 0 Å². The summed E-state index contributed by atoms with van der Waals surface area (Å²) >= 11 is 6.67. The van der Waals surface area contributed by atoms with E-state index in [0.29, 0.717) is 38.5 Å². The fourth-order valence-electron chi connectivity index (χ4n) is 16.0. The van der Waals surface area contributed by atoms with E-state index in [1.54, 1.807) is 45.3 Å². The number of ketones is 3. The van der Waals surface area contributed by atoms with Crippen LogP contribution in [0.2, 0.25) is 0 Å². The fourth-order valence-corrected chi connectivity index (χ4v) is 19.7. The van der Waals surface area contributed by atoms with E-state index in [-0.39, 0.29) is 127 Å². The second kappa shape index (κ2) is 60.9. The number of aliphatic carboxylic acids is 6. The molecule has 12 aromatic rings. The lowest BCUT2D eigenvalue weighted by atomic mass is 9.91. The Morgan fingerprint density at radius 1 is 0.242 bits per heavy atom. The van der Waals surface area contributed by atoms with Crippen LogP contribution in [0.1, 0.15) is 164 Å². The van der Waals surface area contributed by atoms with Crippen molar-refractivity contribution in [1.82, 2.24) is 21.3 Å². The van der Waals surface area contributed by atoms with Gasteiger partial charge >= 0.3 is 35.8 Å². The van der Waals surface area contributed by atoms with Crippen LogP contribution in [0, 0.1) is 17.8 Å². The Morgan fingerprint density at radius 3 is 0.705 bits per heavy atom. The third-order valence-corrected chi connectivity index (χ3v) is 28.2. The minimum absolute atomic E-state index is 0.0170. The summed E-state index contributed by atoms with van der Waals surface area (Å²) < 4.78 is 0. The Hall–Kier alpha value is -15.9. The molecule has 0 unspecified atom stereocenters. The number of Topliss-reactive ketones (excluding diaryl/α,β-unsaturated/α-hetero) is 3. The normalized spacial score (nSPS) is 12.2. The van der Waals surface area contributed by atoms with Gasteiger partial charge in [-0.05, 0) is 205 Å². The molecule has 8 amide bonds. The summed E-state index contributed by atoms with van der Waals surface area (Å²) in [5.74, 6) is -15.5. The minimum atomic E-state index is -1.29. The highest BCUT2D eigenvalue weighted by molar-refractivity contribution is 7.15. The number of benzene rings is 8. The standard InChI is InChI=1S/C31H34N2O7S.C30H34N2O5S.C29H30N2O7S.C24H24N2O4S/c32-31(40)23(7-4-8-29(36)37)17-26(34)25(14-16-30(38)39)33-28(35)15-11-20-9-12-22(13-10-20)27-18-24(19-41-27)21-5-2-1-3-6-21;1-2-6-23(30(31)37)17-26(33)25(14-16-29(35)36)32-28(34)15-11-20-9-12-22(13-10-20)27-18-24(19-38-27)21-7-4-3-5-8-21;30-29(38)21(16-28(36)37)14-24(32)23(11-13-27(34)35)31-26(33)12-8-18-6-9-20(10-7-18)25-15-22(17-39-25)19-4-2-1-3-5-19;25-24(30)20(11-13-23(28)29)26-22(27)12-8-16-6-9-18(10-7-16)21-14-19(15-31-21)17-4-2-1-3-5-17/h1-3,5-6,9-10,12-13,18-19,23,25H,4,7-8,11,14-17H2,(H2,32,40)(H,33,35)(H,36,37)(H,38,39);3-5,7-10,12-13,18-19,23,25H,2,6,11,14-17H2,1H3,(H2,31,37)(H,32,34)(H,35,36);1-7,9-10,15,17,21,23H,8,11-14,16H2,(H2,30,38)(H,31,33)(H,34,35)(H,36,37);1-7,9-10,14-15,20H,8,11-13H2,(H2,25,30)(H,26,27)(H,28,29)/t2*23-,25+;21-,23-;20-/m1100/s1. The summed E-state index contributed by atoms with van der Waals surface area (Å²) in [6.45, 7) is 1.89. The van der Waals surface area contributed by atoms with Crippen molar-refractivity contribution in [2.45, 2.75) is 192 Å². The van der Waals surface area contributed by atoms with Gasteiger partial charge in [0.2, 0.25) is 47.3 Å². The highest BCUT2D eigenvalue weighted by Gasteiger charge is 2.32. The molecule has 0 bridgehead atoms. The number of nitrogens with one attached hydrogen (secondary N) is 4. The van der Waals surface area contributed by atoms with E-state index in [9.17, 15) is 81.5 Å². The Labute approximate surface area is 878 Å². The predicted molar refractivity (Wildman–Crippen MR) is 574 cm³/mol. The first-order valence-corrected chi connectivity index (χ1v) is 52.1. The molecule has 8 aromatic carbocycles. The summed E-state index contributed by atoms with van der Waals surface area (Å²) in [6.07, 6.45) is 0.466. The number of thiophene rings is 4. The third kappa shape index (κ3) is 41.2. The molecule has 7 atom stereocenters. The smallest absolute Gasteiger partial charge is 0.304 e. The Balaban J connectivity index is 0.000000222. The molecule has 31 nitrogen and oxygen atoms in total. The molecule has 0 spiro atoms. The highest BCUT2D eigenvalue weighted by Crippen LogP contribution is 2.38. The maximum atomic E-state index is 12.9. The number of rotatable bonds is 57. The third-order valence-electron chi connectivity index (χ3n) is 24.3. The molecule has 18 N–H and O–H groups in total. The zero-order chi connectivity index (χ0) is 108. The molecule has 0 aliphatic rings. The second-order valence-corrected chi connectivity index (χ2v) is 39.3. The average molecular weight is 2100 g/mol. The first-order valence-electron chi connectivity index (χ1n) is 48.6. The van der Waals surface area contributed by atoms with Crippen LogP contribution >= 0.6 is 45.3 Å². The van der Waals surface area contributed by atoms with E-state index in [0.717, 1.165) is 81.4 Å². The Morgan fingerprint density at radius 2 is 0.477 bits per heavy atom. The number of aryl methyl sites for hydroxylation is 4. The van der Waals surface area contributed by atoms with Crippen LogP contribution < -0.4 is 44.2 Å². The number of carbonyl (C=O) groups excluding carboxylic acids is 11. The summed E-state index contributed by atoms with van der Waals surface area (Å²) in [7, 11) is 0. The Bertz CT molecular complexity index is 6510. The number of nitrogens with two attached hydrogens (primary N) is 4. The minimum Gasteiger partial charge on any atom is -0.481 e. The van der Waals surface area contributed by atoms with E-state index in [4.69, 9.17) is 53.6 Å². The van der Waals surface area contributed by atoms with E-state index >= 15 is 0 Å². The van der Waals surface area contributed by atoms with Gasteiger partial charge in [-0.1, -0.05) is 232 Å². The number of carboxylic acid groups (broad SMARTS) is 6. The number of carboxylic acids is 6. The molecule has 780 valence electrons.